The van der Waals surface area contributed by atoms with Gasteiger partial charge in [-0.2, -0.15) is 0 Å². The van der Waals surface area contributed by atoms with Crippen LogP contribution in [0.5, 0.6) is 0 Å². The van der Waals surface area contributed by atoms with Gasteiger partial charge in [0, 0.05) is 36.4 Å². The minimum absolute atomic E-state index is 0.000972. The number of aromatic nitrogens is 3. The van der Waals surface area contributed by atoms with E-state index >= 15 is 0 Å². The molecule has 7 heteroatoms. The van der Waals surface area contributed by atoms with Crippen LogP contribution in [0, 0.1) is 0 Å². The second-order valence-electron chi connectivity index (χ2n) is 7.06. The van der Waals surface area contributed by atoms with Crippen LogP contribution in [-0.2, 0) is 24.2 Å². The number of anilines is 1. The number of carbonyl (C=O) groups excluding carboxylic acids is 2. The molecule has 0 aliphatic heterocycles. The van der Waals surface area contributed by atoms with Crippen LogP contribution in [-0.4, -0.2) is 32.2 Å². The Bertz CT molecular complexity index is 1030. The predicted octanol–water partition coefficient (Wildman–Crippen LogP) is 4.57. The molecule has 1 aromatic heterocycles. The number of nitrogens with zero attached hydrogens (tertiary/aromatic N) is 3. The molecule has 1 amide bonds. The van der Waals surface area contributed by atoms with Crippen LogP contribution in [0.1, 0.15) is 35.1 Å². The SMILES string of the molecule is C=CCn1c(CCc2ccccc2)nnc1SCCC(=O)Nc1ccc(C(C)=O)cc1. The van der Waals surface area contributed by atoms with Gasteiger partial charge in [0.25, 0.3) is 0 Å². The largest absolute Gasteiger partial charge is 0.326 e. The summed E-state index contributed by atoms with van der Waals surface area (Å²) in [6, 6.07) is 17.2. The number of Topliss-reactive ketones (excluding diaryl/α,β-unsaturated/α-hetero) is 1. The third-order valence-corrected chi connectivity index (χ3v) is 5.69. The maximum Gasteiger partial charge on any atom is 0.225 e. The Hall–Kier alpha value is -3.19. The molecular weight excluding hydrogens is 408 g/mol. The molecular formula is C24H26N4O2S. The van der Waals surface area contributed by atoms with Gasteiger partial charge in [-0.1, -0.05) is 48.2 Å². The van der Waals surface area contributed by atoms with Gasteiger partial charge in [0.1, 0.15) is 5.82 Å². The first kappa shape index (κ1) is 22.5. The van der Waals surface area contributed by atoms with Gasteiger partial charge < -0.3 is 9.88 Å². The van der Waals surface area contributed by atoms with Gasteiger partial charge in [0.15, 0.2) is 10.9 Å². The normalized spacial score (nSPS) is 10.6. The van der Waals surface area contributed by atoms with Gasteiger partial charge in [0.05, 0.1) is 0 Å². The standard InChI is InChI=1S/C24H26N4O2S/c1-3-16-28-22(14-9-19-7-5-4-6-8-19)26-27-24(28)31-17-15-23(30)25-21-12-10-20(11-13-21)18(2)29/h3-8,10-13H,1,9,14-17H2,2H3,(H,25,30). The van der Waals surface area contributed by atoms with Crippen LogP contribution in [0.4, 0.5) is 5.69 Å². The molecule has 6 nitrogen and oxygen atoms in total. The lowest BCUT2D eigenvalue weighted by Crippen LogP contribution is -2.12. The maximum atomic E-state index is 12.2. The molecule has 0 unspecified atom stereocenters. The van der Waals surface area contributed by atoms with Gasteiger partial charge in [-0.3, -0.25) is 9.59 Å². The van der Waals surface area contributed by atoms with Crippen LogP contribution in [0.3, 0.4) is 0 Å². The first-order valence-electron chi connectivity index (χ1n) is 10.2. The molecule has 0 atom stereocenters. The van der Waals surface area contributed by atoms with Crippen molar-refractivity contribution in [1.29, 1.82) is 0 Å². The molecule has 0 spiro atoms. The predicted molar refractivity (Wildman–Crippen MR) is 124 cm³/mol. The van der Waals surface area contributed by atoms with Crippen molar-refractivity contribution in [2.45, 2.75) is 37.9 Å². The summed E-state index contributed by atoms with van der Waals surface area (Å²) in [5, 5.41) is 12.3. The number of carbonyl (C=O) groups is 2. The number of aryl methyl sites for hydroxylation is 2. The van der Waals surface area contributed by atoms with Crippen molar-refractivity contribution in [2.24, 2.45) is 0 Å². The molecule has 1 heterocycles. The fourth-order valence-corrected chi connectivity index (χ4v) is 3.98. The lowest BCUT2D eigenvalue weighted by molar-refractivity contribution is -0.115. The lowest BCUT2D eigenvalue weighted by atomic mass is 10.1. The summed E-state index contributed by atoms with van der Waals surface area (Å²) in [4.78, 5) is 23.6. The van der Waals surface area contributed by atoms with E-state index in [4.69, 9.17) is 0 Å². The summed E-state index contributed by atoms with van der Waals surface area (Å²) >= 11 is 1.51. The van der Waals surface area contributed by atoms with E-state index in [0.717, 1.165) is 23.8 Å². The number of thioether (sulfide) groups is 1. The fourth-order valence-electron chi connectivity index (χ4n) is 3.07. The summed E-state index contributed by atoms with van der Waals surface area (Å²) in [7, 11) is 0. The smallest absolute Gasteiger partial charge is 0.225 e. The monoisotopic (exact) mass is 434 g/mol. The van der Waals surface area contributed by atoms with Gasteiger partial charge >= 0.3 is 0 Å². The van der Waals surface area contributed by atoms with Gasteiger partial charge in [-0.05, 0) is 43.2 Å². The molecule has 0 saturated heterocycles. The fraction of sp³-hybridized carbons (Fsp3) is 0.250. The van der Waals surface area contributed by atoms with E-state index in [1.165, 1.54) is 24.2 Å². The van der Waals surface area contributed by atoms with Crippen LogP contribution in [0.15, 0.2) is 72.4 Å². The van der Waals surface area contributed by atoms with Crippen molar-refractivity contribution in [1.82, 2.24) is 14.8 Å². The molecule has 0 saturated carbocycles. The molecule has 0 radical (unpaired) electrons. The maximum absolute atomic E-state index is 12.2. The number of rotatable bonds is 11. The number of nitrogens with one attached hydrogen (secondary N) is 1. The number of benzene rings is 2. The summed E-state index contributed by atoms with van der Waals surface area (Å²) in [6.45, 7) is 5.99. The van der Waals surface area contributed by atoms with E-state index in [0.29, 0.717) is 30.0 Å². The second kappa shape index (κ2) is 11.3. The number of amides is 1. The molecule has 0 bridgehead atoms. The zero-order valence-electron chi connectivity index (χ0n) is 17.6. The summed E-state index contributed by atoms with van der Waals surface area (Å²) in [5.41, 5.74) is 2.56. The quantitative estimate of drug-likeness (QED) is 0.272. The zero-order valence-corrected chi connectivity index (χ0v) is 18.4. The van der Waals surface area contributed by atoms with Crippen LogP contribution < -0.4 is 5.32 Å². The van der Waals surface area contributed by atoms with E-state index in [9.17, 15) is 9.59 Å². The van der Waals surface area contributed by atoms with Crippen molar-refractivity contribution in [2.75, 3.05) is 11.1 Å². The zero-order chi connectivity index (χ0) is 22.1. The first-order valence-corrected chi connectivity index (χ1v) is 11.2. The highest BCUT2D eigenvalue weighted by atomic mass is 32.2. The van der Waals surface area contributed by atoms with Crippen molar-refractivity contribution in [3.63, 3.8) is 0 Å². The van der Waals surface area contributed by atoms with E-state index in [2.05, 4.69) is 38.8 Å². The van der Waals surface area contributed by atoms with E-state index in [-0.39, 0.29) is 11.7 Å². The van der Waals surface area contributed by atoms with Crippen LogP contribution in [0.25, 0.3) is 0 Å². The Morgan fingerprint density at radius 3 is 2.48 bits per heavy atom. The average molecular weight is 435 g/mol. The highest BCUT2D eigenvalue weighted by Gasteiger charge is 2.13. The molecule has 160 valence electrons. The van der Waals surface area contributed by atoms with Crippen molar-refractivity contribution in [3.05, 3.63) is 84.2 Å². The summed E-state index contributed by atoms with van der Waals surface area (Å²) in [6.07, 6.45) is 3.87. The van der Waals surface area contributed by atoms with E-state index in [1.807, 2.05) is 24.3 Å². The Morgan fingerprint density at radius 2 is 1.81 bits per heavy atom. The topological polar surface area (TPSA) is 76.9 Å². The van der Waals surface area contributed by atoms with E-state index < -0.39 is 0 Å². The van der Waals surface area contributed by atoms with Crippen LogP contribution in [0.2, 0.25) is 0 Å². The Morgan fingerprint density at radius 1 is 1.06 bits per heavy atom. The minimum Gasteiger partial charge on any atom is -0.326 e. The molecule has 2 aromatic carbocycles. The number of allylic oxidation sites excluding steroid dienone is 1. The van der Waals surface area contributed by atoms with Gasteiger partial charge in [-0.25, -0.2) is 0 Å². The van der Waals surface area contributed by atoms with Crippen molar-refractivity contribution >= 4 is 29.1 Å². The molecule has 3 aromatic rings. The Labute approximate surface area is 186 Å². The van der Waals surface area contributed by atoms with Gasteiger partial charge in [0.2, 0.25) is 5.91 Å². The van der Waals surface area contributed by atoms with Gasteiger partial charge in [-0.15, -0.1) is 16.8 Å². The highest BCUT2D eigenvalue weighted by molar-refractivity contribution is 7.99. The molecule has 0 aliphatic rings. The number of hydrogen-bond donors (Lipinski definition) is 1. The molecule has 31 heavy (non-hydrogen) atoms. The second-order valence-corrected chi connectivity index (χ2v) is 8.13. The summed E-state index contributed by atoms with van der Waals surface area (Å²) in [5.74, 6) is 1.43. The lowest BCUT2D eigenvalue weighted by Gasteiger charge is -2.08. The summed E-state index contributed by atoms with van der Waals surface area (Å²) < 4.78 is 2.05. The third kappa shape index (κ3) is 6.65. The molecule has 0 aliphatic carbocycles. The molecule has 0 fully saturated rings. The number of ketones is 1. The van der Waals surface area contributed by atoms with Crippen molar-refractivity contribution in [3.8, 4) is 0 Å². The average Bonchev–Trinajstić information content (AvgIpc) is 3.15. The Kier molecular flexibility index (Phi) is 8.18. The Balaban J connectivity index is 1.52. The molecule has 1 N–H and O–H groups in total. The van der Waals surface area contributed by atoms with Crippen molar-refractivity contribution < 1.29 is 9.59 Å². The minimum atomic E-state index is -0.0813. The molecule has 3 rings (SSSR count). The highest BCUT2D eigenvalue weighted by Crippen LogP contribution is 2.20. The van der Waals surface area contributed by atoms with Crippen LogP contribution >= 0.6 is 11.8 Å². The first-order chi connectivity index (χ1) is 15.1. The number of hydrogen-bond acceptors (Lipinski definition) is 5. The third-order valence-electron chi connectivity index (χ3n) is 4.72. The van der Waals surface area contributed by atoms with E-state index in [1.54, 1.807) is 24.3 Å².